The summed E-state index contributed by atoms with van der Waals surface area (Å²) in [6.45, 7) is 0.262. The summed E-state index contributed by atoms with van der Waals surface area (Å²) in [5.74, 6) is 0.319. The zero-order valence-corrected chi connectivity index (χ0v) is 9.85. The van der Waals surface area contributed by atoms with Crippen LogP contribution in [-0.4, -0.2) is 25.4 Å². The van der Waals surface area contributed by atoms with Crippen LogP contribution < -0.4 is 10.5 Å². The van der Waals surface area contributed by atoms with Crippen molar-refractivity contribution in [2.45, 2.75) is 5.92 Å². The molecule has 5 heteroatoms. The van der Waals surface area contributed by atoms with Crippen molar-refractivity contribution in [2.24, 2.45) is 5.73 Å². The molecule has 15 heavy (non-hydrogen) atoms. The maximum Gasteiger partial charge on any atom is 0.138 e. The average Bonchev–Trinajstić information content (AvgIpc) is 2.26. The number of nitrogens with two attached hydrogens (primary N) is 1. The Morgan fingerprint density at radius 2 is 2.07 bits per heavy atom. The number of rotatable bonds is 4. The Morgan fingerprint density at radius 3 is 2.53 bits per heavy atom. The Bertz CT molecular complexity index is 340. The second kappa shape index (κ2) is 5.56. The topological polar surface area (TPSA) is 55.5 Å². The molecule has 0 saturated heterocycles. The van der Waals surface area contributed by atoms with Crippen LogP contribution in [-0.2, 0) is 0 Å². The minimum atomic E-state index is -0.194. The first-order valence-electron chi connectivity index (χ1n) is 4.48. The van der Waals surface area contributed by atoms with Gasteiger partial charge >= 0.3 is 0 Å². The van der Waals surface area contributed by atoms with Gasteiger partial charge in [0.25, 0.3) is 0 Å². The van der Waals surface area contributed by atoms with Crippen molar-refractivity contribution in [3.8, 4) is 5.75 Å². The van der Waals surface area contributed by atoms with Crippen LogP contribution in [0.1, 0.15) is 11.5 Å². The predicted molar refractivity (Wildman–Crippen MR) is 61.9 cm³/mol. The van der Waals surface area contributed by atoms with Gasteiger partial charge in [-0.3, -0.25) is 0 Å². The molecule has 0 saturated carbocycles. The highest BCUT2D eigenvalue weighted by Gasteiger charge is 2.16. The molecule has 1 rings (SSSR count). The summed E-state index contributed by atoms with van der Waals surface area (Å²) in [5, 5.41) is 9.85. The monoisotopic (exact) mass is 249 g/mol. The fourth-order valence-electron chi connectivity index (χ4n) is 1.32. The second-order valence-corrected chi connectivity index (χ2v) is 3.86. The molecule has 1 unspecified atom stereocenters. The quantitative estimate of drug-likeness (QED) is 0.859. The highest BCUT2D eigenvalue weighted by atomic mass is 35.5. The Balaban J connectivity index is 3.16. The third kappa shape index (κ3) is 2.55. The van der Waals surface area contributed by atoms with E-state index in [2.05, 4.69) is 0 Å². The molecule has 0 bridgehead atoms. The molecule has 0 amide bonds. The number of halogens is 2. The Labute approximate surface area is 98.7 Å². The third-order valence-electron chi connectivity index (χ3n) is 2.24. The number of methoxy groups -OCH3 is 1. The van der Waals surface area contributed by atoms with Gasteiger partial charge in [0.2, 0.25) is 0 Å². The van der Waals surface area contributed by atoms with E-state index >= 15 is 0 Å². The fourth-order valence-corrected chi connectivity index (χ4v) is 1.88. The Hall–Kier alpha value is -0.480. The summed E-state index contributed by atoms with van der Waals surface area (Å²) in [6, 6.07) is 3.47. The van der Waals surface area contributed by atoms with Crippen LogP contribution >= 0.6 is 23.2 Å². The van der Waals surface area contributed by atoms with Gasteiger partial charge < -0.3 is 15.6 Å². The van der Waals surface area contributed by atoms with Crippen molar-refractivity contribution >= 4 is 23.2 Å². The molecule has 0 aliphatic carbocycles. The summed E-state index contributed by atoms with van der Waals surface area (Å²) in [4.78, 5) is 0. The molecule has 0 aromatic heterocycles. The van der Waals surface area contributed by atoms with Crippen molar-refractivity contribution in [3.05, 3.63) is 27.7 Å². The van der Waals surface area contributed by atoms with E-state index < -0.39 is 0 Å². The maximum atomic E-state index is 9.11. The number of hydrogen-bond acceptors (Lipinski definition) is 3. The lowest BCUT2D eigenvalue weighted by Gasteiger charge is -2.15. The molecule has 0 radical (unpaired) electrons. The van der Waals surface area contributed by atoms with E-state index in [0.717, 1.165) is 5.56 Å². The summed E-state index contributed by atoms with van der Waals surface area (Å²) >= 11 is 12.0. The minimum Gasteiger partial charge on any atom is -0.495 e. The third-order valence-corrected chi connectivity index (χ3v) is 3.12. The second-order valence-electron chi connectivity index (χ2n) is 3.10. The minimum absolute atomic E-state index is 0.0567. The molecule has 1 atom stereocenters. The van der Waals surface area contributed by atoms with Crippen LogP contribution in [0.4, 0.5) is 0 Å². The zero-order chi connectivity index (χ0) is 11.4. The number of ether oxygens (including phenoxy) is 1. The lowest BCUT2D eigenvalue weighted by molar-refractivity contribution is 0.268. The lowest BCUT2D eigenvalue weighted by Crippen LogP contribution is -2.16. The molecule has 0 spiro atoms. The normalized spacial score (nSPS) is 12.6. The van der Waals surface area contributed by atoms with Gasteiger partial charge in [0.05, 0.1) is 18.7 Å². The largest absolute Gasteiger partial charge is 0.495 e. The van der Waals surface area contributed by atoms with Gasteiger partial charge in [-0.1, -0.05) is 29.3 Å². The van der Waals surface area contributed by atoms with Crippen LogP contribution in [0.2, 0.25) is 10.0 Å². The standard InChI is InChI=1S/C10H13Cl2NO2/c1-15-8-3-2-7(6(4-13)5-14)9(11)10(8)12/h2-3,6,14H,4-5,13H2,1H3. The van der Waals surface area contributed by atoms with Gasteiger partial charge in [0.1, 0.15) is 10.8 Å². The summed E-state index contributed by atoms with van der Waals surface area (Å²) in [7, 11) is 1.52. The number of hydrogen-bond donors (Lipinski definition) is 2. The van der Waals surface area contributed by atoms with Gasteiger partial charge in [-0.15, -0.1) is 0 Å². The molecule has 84 valence electrons. The molecule has 0 fully saturated rings. The smallest absolute Gasteiger partial charge is 0.138 e. The van der Waals surface area contributed by atoms with Crippen molar-refractivity contribution in [2.75, 3.05) is 20.3 Å². The summed E-state index contributed by atoms with van der Waals surface area (Å²) in [6.07, 6.45) is 0. The summed E-state index contributed by atoms with van der Waals surface area (Å²) < 4.78 is 5.02. The molecule has 1 aromatic carbocycles. The first kappa shape index (κ1) is 12.6. The van der Waals surface area contributed by atoms with E-state index in [4.69, 9.17) is 38.8 Å². The van der Waals surface area contributed by atoms with Gasteiger partial charge in [-0.05, 0) is 11.6 Å². The molecule has 0 aliphatic heterocycles. The Morgan fingerprint density at radius 1 is 1.40 bits per heavy atom. The number of benzene rings is 1. The molecule has 1 aromatic rings. The molecule has 0 aliphatic rings. The SMILES string of the molecule is COc1ccc(C(CN)CO)c(Cl)c1Cl. The van der Waals surface area contributed by atoms with Crippen molar-refractivity contribution in [1.82, 2.24) is 0 Å². The first-order chi connectivity index (χ1) is 7.15. The molecule has 0 heterocycles. The van der Waals surface area contributed by atoms with Gasteiger partial charge in [0.15, 0.2) is 0 Å². The Kier molecular flexibility index (Phi) is 4.67. The van der Waals surface area contributed by atoms with E-state index in [1.165, 1.54) is 7.11 Å². The van der Waals surface area contributed by atoms with E-state index in [1.807, 2.05) is 0 Å². The van der Waals surface area contributed by atoms with Crippen LogP contribution in [0, 0.1) is 0 Å². The number of aliphatic hydroxyl groups is 1. The molecule has 3 N–H and O–H groups in total. The van der Waals surface area contributed by atoms with E-state index in [1.54, 1.807) is 12.1 Å². The average molecular weight is 250 g/mol. The van der Waals surface area contributed by atoms with E-state index in [-0.39, 0.29) is 12.5 Å². The summed E-state index contributed by atoms with van der Waals surface area (Å²) in [5.41, 5.74) is 6.25. The maximum absolute atomic E-state index is 9.11. The molecular formula is C10H13Cl2NO2. The van der Waals surface area contributed by atoms with Crippen LogP contribution in [0.25, 0.3) is 0 Å². The fraction of sp³-hybridized carbons (Fsp3) is 0.400. The lowest BCUT2D eigenvalue weighted by atomic mass is 10.00. The van der Waals surface area contributed by atoms with Gasteiger partial charge in [0, 0.05) is 12.5 Å². The number of aliphatic hydroxyl groups excluding tert-OH is 1. The predicted octanol–water partition coefficient (Wildman–Crippen LogP) is 2.04. The van der Waals surface area contributed by atoms with Crippen LogP contribution in [0.15, 0.2) is 12.1 Å². The van der Waals surface area contributed by atoms with Crippen molar-refractivity contribution in [3.63, 3.8) is 0 Å². The van der Waals surface area contributed by atoms with E-state index in [0.29, 0.717) is 22.3 Å². The van der Waals surface area contributed by atoms with Crippen molar-refractivity contribution < 1.29 is 9.84 Å². The van der Waals surface area contributed by atoms with Crippen LogP contribution in [0.5, 0.6) is 5.75 Å². The van der Waals surface area contributed by atoms with Crippen molar-refractivity contribution in [1.29, 1.82) is 0 Å². The molecule has 3 nitrogen and oxygen atoms in total. The van der Waals surface area contributed by atoms with Gasteiger partial charge in [-0.2, -0.15) is 0 Å². The highest BCUT2D eigenvalue weighted by molar-refractivity contribution is 6.43. The highest BCUT2D eigenvalue weighted by Crippen LogP contribution is 2.37. The first-order valence-corrected chi connectivity index (χ1v) is 5.24. The zero-order valence-electron chi connectivity index (χ0n) is 8.34. The van der Waals surface area contributed by atoms with E-state index in [9.17, 15) is 0 Å². The molecular weight excluding hydrogens is 237 g/mol. The van der Waals surface area contributed by atoms with Crippen LogP contribution in [0.3, 0.4) is 0 Å². The van der Waals surface area contributed by atoms with Gasteiger partial charge in [-0.25, -0.2) is 0 Å².